The van der Waals surface area contributed by atoms with Crippen molar-refractivity contribution in [1.29, 1.82) is 0 Å². The van der Waals surface area contributed by atoms with Gasteiger partial charge in [-0.15, -0.1) is 0 Å². The van der Waals surface area contributed by atoms with Gasteiger partial charge in [-0.25, -0.2) is 13.6 Å². The molecule has 6 nitrogen and oxygen atoms in total. The molecule has 0 bridgehead atoms. The molecule has 0 heterocycles. The maximum Gasteiger partial charge on any atom is 0.416 e. The number of rotatable bonds is 6. The normalized spacial score (nSPS) is 12.8. The zero-order valence-corrected chi connectivity index (χ0v) is 18.5. The number of primary sulfonamides is 1. The monoisotopic (exact) mass is 478 g/mol. The molecule has 0 saturated carbocycles. The van der Waals surface area contributed by atoms with E-state index in [4.69, 9.17) is 9.88 Å². The maximum atomic E-state index is 13.0. The van der Waals surface area contributed by atoms with E-state index in [0.29, 0.717) is 5.56 Å². The molecule has 174 valence electrons. The minimum Gasteiger partial charge on any atom is -0.457 e. The number of amides is 1. The molecule has 0 aliphatic heterocycles. The molecular weight excluding hydrogens is 457 g/mol. The van der Waals surface area contributed by atoms with Crippen LogP contribution in [0.25, 0.3) is 0 Å². The van der Waals surface area contributed by atoms with E-state index in [-0.39, 0.29) is 27.9 Å². The molecule has 1 amide bonds. The van der Waals surface area contributed by atoms with E-state index in [1.54, 1.807) is 38.2 Å². The topological polar surface area (TPSA) is 89.7 Å². The van der Waals surface area contributed by atoms with Crippen molar-refractivity contribution in [2.24, 2.45) is 5.14 Å². The number of nitrogens with two attached hydrogens (primary N) is 1. The Morgan fingerprint density at radius 1 is 0.970 bits per heavy atom. The number of ether oxygens (including phenoxy) is 1. The number of benzene rings is 3. The van der Waals surface area contributed by atoms with Gasteiger partial charge in [0.1, 0.15) is 11.5 Å². The van der Waals surface area contributed by atoms with E-state index in [2.05, 4.69) is 0 Å². The SMILES string of the molecule is CC(c1ccc(S(N)(=O)=O)cc1)N(C)C(=O)c1cccc(Oc2cccc(C(F)(F)F)c2)c1. The number of carbonyl (C=O) groups is 1. The van der Waals surface area contributed by atoms with Crippen molar-refractivity contribution in [2.75, 3.05) is 7.05 Å². The summed E-state index contributed by atoms with van der Waals surface area (Å²) in [6.07, 6.45) is -4.50. The zero-order valence-electron chi connectivity index (χ0n) is 17.7. The Morgan fingerprint density at radius 2 is 1.55 bits per heavy atom. The molecule has 3 rings (SSSR count). The smallest absolute Gasteiger partial charge is 0.416 e. The van der Waals surface area contributed by atoms with Gasteiger partial charge < -0.3 is 9.64 Å². The molecule has 1 unspecified atom stereocenters. The summed E-state index contributed by atoms with van der Waals surface area (Å²) < 4.78 is 67.1. The van der Waals surface area contributed by atoms with Crippen molar-refractivity contribution < 1.29 is 31.1 Å². The first kappa shape index (κ1) is 24.3. The molecule has 0 aliphatic rings. The van der Waals surface area contributed by atoms with Gasteiger partial charge >= 0.3 is 6.18 Å². The molecule has 0 radical (unpaired) electrons. The third-order valence-electron chi connectivity index (χ3n) is 5.07. The predicted molar refractivity (Wildman–Crippen MR) is 116 cm³/mol. The number of alkyl halides is 3. The lowest BCUT2D eigenvalue weighted by Crippen LogP contribution is -2.29. The number of hydrogen-bond donors (Lipinski definition) is 1. The lowest BCUT2D eigenvalue weighted by atomic mass is 10.1. The molecule has 0 aromatic heterocycles. The summed E-state index contributed by atoms with van der Waals surface area (Å²) >= 11 is 0. The lowest BCUT2D eigenvalue weighted by molar-refractivity contribution is -0.137. The maximum absolute atomic E-state index is 13.0. The molecule has 0 saturated heterocycles. The Kier molecular flexibility index (Phi) is 6.80. The van der Waals surface area contributed by atoms with E-state index in [1.165, 1.54) is 41.3 Å². The fourth-order valence-electron chi connectivity index (χ4n) is 3.10. The fraction of sp³-hybridized carbons (Fsp3) is 0.174. The van der Waals surface area contributed by atoms with Gasteiger partial charge in [0.05, 0.1) is 16.5 Å². The Bertz CT molecular complexity index is 1260. The minimum atomic E-state index is -4.50. The molecule has 0 fully saturated rings. The van der Waals surface area contributed by atoms with Gasteiger partial charge in [-0.2, -0.15) is 13.2 Å². The van der Waals surface area contributed by atoms with Gasteiger partial charge in [0.2, 0.25) is 10.0 Å². The highest BCUT2D eigenvalue weighted by Gasteiger charge is 2.30. The van der Waals surface area contributed by atoms with Gasteiger partial charge in [0, 0.05) is 12.6 Å². The number of hydrogen-bond acceptors (Lipinski definition) is 4. The van der Waals surface area contributed by atoms with E-state index in [9.17, 15) is 26.4 Å². The molecule has 0 spiro atoms. The summed E-state index contributed by atoms with van der Waals surface area (Å²) in [6.45, 7) is 1.77. The predicted octanol–water partition coefficient (Wildman–Crippen LogP) is 4.98. The van der Waals surface area contributed by atoms with Crippen LogP contribution in [-0.4, -0.2) is 26.3 Å². The van der Waals surface area contributed by atoms with Gasteiger partial charge in [-0.05, 0) is 61.0 Å². The van der Waals surface area contributed by atoms with Crippen molar-refractivity contribution in [3.8, 4) is 11.5 Å². The summed E-state index contributed by atoms with van der Waals surface area (Å²) in [5, 5.41) is 5.11. The van der Waals surface area contributed by atoms with E-state index >= 15 is 0 Å². The van der Waals surface area contributed by atoms with Crippen molar-refractivity contribution in [3.05, 3.63) is 89.5 Å². The van der Waals surface area contributed by atoms with Crippen LogP contribution in [-0.2, 0) is 16.2 Å². The summed E-state index contributed by atoms with van der Waals surface area (Å²) in [5.74, 6) is -0.155. The number of halogens is 3. The Morgan fingerprint density at radius 3 is 2.12 bits per heavy atom. The quantitative estimate of drug-likeness (QED) is 0.541. The van der Waals surface area contributed by atoms with E-state index < -0.39 is 27.8 Å². The third kappa shape index (κ3) is 5.91. The fourth-order valence-corrected chi connectivity index (χ4v) is 3.62. The first-order chi connectivity index (χ1) is 15.4. The first-order valence-electron chi connectivity index (χ1n) is 9.71. The molecule has 3 aromatic rings. The highest BCUT2D eigenvalue weighted by molar-refractivity contribution is 7.89. The average molecular weight is 478 g/mol. The summed E-state index contributed by atoms with van der Waals surface area (Å²) in [7, 11) is -2.24. The molecule has 33 heavy (non-hydrogen) atoms. The second-order valence-electron chi connectivity index (χ2n) is 7.36. The van der Waals surface area contributed by atoms with Gasteiger partial charge in [-0.1, -0.05) is 24.3 Å². The van der Waals surface area contributed by atoms with E-state index in [0.717, 1.165) is 12.1 Å². The van der Waals surface area contributed by atoms with Crippen LogP contribution in [0.2, 0.25) is 0 Å². The molecule has 0 aliphatic carbocycles. The van der Waals surface area contributed by atoms with E-state index in [1.807, 2.05) is 0 Å². The van der Waals surface area contributed by atoms with Crippen molar-refractivity contribution in [3.63, 3.8) is 0 Å². The van der Waals surface area contributed by atoms with Crippen LogP contribution in [0.5, 0.6) is 11.5 Å². The molecule has 10 heteroatoms. The van der Waals surface area contributed by atoms with Crippen LogP contribution >= 0.6 is 0 Å². The molecule has 2 N–H and O–H groups in total. The first-order valence-corrected chi connectivity index (χ1v) is 11.3. The summed E-state index contributed by atoms with van der Waals surface area (Å²) in [4.78, 5) is 14.4. The number of nitrogens with zero attached hydrogens (tertiary/aromatic N) is 1. The van der Waals surface area contributed by atoms with Gasteiger partial charge in [0.15, 0.2) is 0 Å². The minimum absolute atomic E-state index is 0.00825. The lowest BCUT2D eigenvalue weighted by Gasteiger charge is -2.25. The Labute approximate surface area is 189 Å². The average Bonchev–Trinajstić information content (AvgIpc) is 2.77. The summed E-state index contributed by atoms with van der Waals surface area (Å²) in [5.41, 5.74) is 0.124. The Balaban J connectivity index is 1.77. The van der Waals surface area contributed by atoms with Crippen LogP contribution in [0, 0.1) is 0 Å². The second-order valence-corrected chi connectivity index (χ2v) is 8.92. The Hall–Kier alpha value is -3.37. The molecule has 1 atom stereocenters. The third-order valence-corrected chi connectivity index (χ3v) is 6.00. The van der Waals surface area contributed by atoms with Crippen LogP contribution < -0.4 is 9.88 Å². The number of sulfonamides is 1. The van der Waals surface area contributed by atoms with Crippen molar-refractivity contribution in [1.82, 2.24) is 4.90 Å². The van der Waals surface area contributed by atoms with Crippen molar-refractivity contribution >= 4 is 15.9 Å². The largest absolute Gasteiger partial charge is 0.457 e. The van der Waals surface area contributed by atoms with Crippen molar-refractivity contribution in [2.45, 2.75) is 24.0 Å². The van der Waals surface area contributed by atoms with Crippen LogP contribution in [0.3, 0.4) is 0 Å². The van der Waals surface area contributed by atoms with Crippen LogP contribution in [0.15, 0.2) is 77.7 Å². The zero-order chi connectivity index (χ0) is 24.4. The highest BCUT2D eigenvalue weighted by Crippen LogP contribution is 2.33. The van der Waals surface area contributed by atoms with Gasteiger partial charge in [-0.3, -0.25) is 4.79 Å². The second kappa shape index (κ2) is 9.24. The number of carbonyl (C=O) groups excluding carboxylic acids is 1. The van der Waals surface area contributed by atoms with Crippen LogP contribution in [0.4, 0.5) is 13.2 Å². The van der Waals surface area contributed by atoms with Crippen LogP contribution in [0.1, 0.15) is 34.5 Å². The highest BCUT2D eigenvalue weighted by atomic mass is 32.2. The van der Waals surface area contributed by atoms with Gasteiger partial charge in [0.25, 0.3) is 5.91 Å². The molecular formula is C23H21F3N2O4S. The molecule has 3 aromatic carbocycles. The summed E-state index contributed by atoms with van der Waals surface area (Å²) in [6, 6.07) is 16.0. The standard InChI is InChI=1S/C23H21F3N2O4S/c1-15(16-9-11-21(12-10-16)33(27,30)31)28(2)22(29)17-5-3-7-19(13-17)32-20-8-4-6-18(14-20)23(24,25)26/h3-15H,1-2H3,(H2,27,30,31).